The average Bonchev–Trinajstić information content (AvgIpc) is 2.72. The van der Waals surface area contributed by atoms with E-state index >= 15 is 0 Å². The molecule has 0 aliphatic carbocycles. The fourth-order valence-corrected chi connectivity index (χ4v) is 1.54. The molecule has 0 saturated carbocycles. The summed E-state index contributed by atoms with van der Waals surface area (Å²) in [5, 5.41) is 3.46. The highest BCUT2D eigenvalue weighted by Gasteiger charge is 2.15. The Morgan fingerprint density at radius 3 is 2.71 bits per heavy atom. The summed E-state index contributed by atoms with van der Waals surface area (Å²) >= 11 is 0. The van der Waals surface area contributed by atoms with E-state index in [9.17, 15) is 9.59 Å². The zero-order chi connectivity index (χ0) is 12.4. The number of benzene rings is 1. The van der Waals surface area contributed by atoms with E-state index in [1.807, 2.05) is 24.3 Å². The molecule has 88 valence electrons. The first-order chi connectivity index (χ1) is 8.08. The van der Waals surface area contributed by atoms with Crippen molar-refractivity contribution in [1.82, 2.24) is 10.3 Å². The van der Waals surface area contributed by atoms with Crippen molar-refractivity contribution in [2.45, 2.75) is 13.0 Å². The summed E-state index contributed by atoms with van der Waals surface area (Å²) in [5.41, 5.74) is 6.37. The molecule has 1 aromatic heterocycles. The van der Waals surface area contributed by atoms with Gasteiger partial charge in [-0.25, -0.2) is 0 Å². The van der Waals surface area contributed by atoms with Gasteiger partial charge in [-0.15, -0.1) is 0 Å². The molecule has 0 fully saturated rings. The third-order valence-corrected chi connectivity index (χ3v) is 2.55. The van der Waals surface area contributed by atoms with Crippen molar-refractivity contribution >= 4 is 22.7 Å². The molecule has 0 aliphatic rings. The Labute approximate surface area is 98.0 Å². The molecule has 2 aromatic rings. The topological polar surface area (TPSA) is 88.0 Å². The molecular formula is C12H13N3O2. The third-order valence-electron chi connectivity index (χ3n) is 2.55. The molecule has 1 aromatic carbocycles. The Kier molecular flexibility index (Phi) is 2.82. The number of amides is 2. The molecule has 5 nitrogen and oxygen atoms in total. The number of primary amides is 1. The van der Waals surface area contributed by atoms with Gasteiger partial charge in [-0.2, -0.15) is 0 Å². The lowest BCUT2D eigenvalue weighted by Crippen LogP contribution is -2.42. The van der Waals surface area contributed by atoms with E-state index in [1.54, 1.807) is 13.0 Å². The summed E-state index contributed by atoms with van der Waals surface area (Å²) < 4.78 is 0. The molecule has 0 aliphatic heterocycles. The van der Waals surface area contributed by atoms with Crippen molar-refractivity contribution in [2.75, 3.05) is 0 Å². The lowest BCUT2D eigenvalue weighted by molar-refractivity contribution is -0.119. The van der Waals surface area contributed by atoms with Gasteiger partial charge < -0.3 is 16.0 Å². The summed E-state index contributed by atoms with van der Waals surface area (Å²) in [4.78, 5) is 25.6. The number of carbonyl (C=O) groups excluding carboxylic acids is 2. The molecule has 0 unspecified atom stereocenters. The molecule has 0 radical (unpaired) electrons. The highest BCUT2D eigenvalue weighted by Crippen LogP contribution is 2.14. The van der Waals surface area contributed by atoms with E-state index in [-0.39, 0.29) is 5.91 Å². The maximum Gasteiger partial charge on any atom is 0.268 e. The van der Waals surface area contributed by atoms with Crippen LogP contribution in [-0.2, 0) is 4.79 Å². The SMILES string of the molecule is C[C@H](NC(=O)c1cc2ccccc2[nH]1)C(N)=O. The van der Waals surface area contributed by atoms with Gasteiger partial charge in [-0.05, 0) is 19.1 Å². The predicted molar refractivity (Wildman–Crippen MR) is 64.4 cm³/mol. The van der Waals surface area contributed by atoms with Crippen LogP contribution in [0.3, 0.4) is 0 Å². The molecule has 2 rings (SSSR count). The number of carbonyl (C=O) groups is 2. The molecule has 5 heteroatoms. The molecule has 1 atom stereocenters. The number of fused-ring (bicyclic) bond motifs is 1. The van der Waals surface area contributed by atoms with Crippen LogP contribution >= 0.6 is 0 Å². The third kappa shape index (κ3) is 2.28. The van der Waals surface area contributed by atoms with Crippen molar-refractivity contribution in [3.8, 4) is 0 Å². The van der Waals surface area contributed by atoms with E-state index in [1.165, 1.54) is 0 Å². The molecule has 1 heterocycles. The summed E-state index contributed by atoms with van der Waals surface area (Å²) in [6.45, 7) is 1.54. The molecular weight excluding hydrogens is 218 g/mol. The Balaban J connectivity index is 2.22. The van der Waals surface area contributed by atoms with Crippen LogP contribution in [0.5, 0.6) is 0 Å². The normalized spacial score (nSPS) is 12.3. The van der Waals surface area contributed by atoms with Gasteiger partial charge in [0, 0.05) is 10.9 Å². The highest BCUT2D eigenvalue weighted by molar-refractivity contribution is 5.99. The fraction of sp³-hybridized carbons (Fsp3) is 0.167. The Morgan fingerprint density at radius 1 is 1.35 bits per heavy atom. The van der Waals surface area contributed by atoms with Gasteiger partial charge in [0.1, 0.15) is 11.7 Å². The van der Waals surface area contributed by atoms with Crippen molar-refractivity contribution in [1.29, 1.82) is 0 Å². The van der Waals surface area contributed by atoms with Gasteiger partial charge in [-0.1, -0.05) is 18.2 Å². The van der Waals surface area contributed by atoms with E-state index < -0.39 is 11.9 Å². The van der Waals surface area contributed by atoms with Crippen molar-refractivity contribution in [2.24, 2.45) is 5.73 Å². The second-order valence-electron chi connectivity index (χ2n) is 3.87. The maximum absolute atomic E-state index is 11.8. The van der Waals surface area contributed by atoms with Gasteiger partial charge in [-0.3, -0.25) is 9.59 Å². The highest BCUT2D eigenvalue weighted by atomic mass is 16.2. The summed E-state index contributed by atoms with van der Waals surface area (Å²) in [5.74, 6) is -0.901. The number of rotatable bonds is 3. The molecule has 4 N–H and O–H groups in total. The second kappa shape index (κ2) is 4.29. The predicted octanol–water partition coefficient (Wildman–Crippen LogP) is 0.772. The van der Waals surface area contributed by atoms with Gasteiger partial charge in [0.25, 0.3) is 5.91 Å². The van der Waals surface area contributed by atoms with Crippen molar-refractivity contribution in [3.05, 3.63) is 36.0 Å². The standard InChI is InChI=1S/C12H13N3O2/c1-7(11(13)16)14-12(17)10-6-8-4-2-3-5-9(8)15-10/h2-7,15H,1H3,(H2,13,16)(H,14,17)/t7-/m0/s1. The monoisotopic (exact) mass is 231 g/mol. The number of hydrogen-bond donors (Lipinski definition) is 3. The number of para-hydroxylation sites is 1. The number of nitrogens with two attached hydrogens (primary N) is 1. The van der Waals surface area contributed by atoms with Crippen LogP contribution in [0, 0.1) is 0 Å². The minimum absolute atomic E-state index is 0.340. The Hall–Kier alpha value is -2.30. The van der Waals surface area contributed by atoms with Gasteiger partial charge >= 0.3 is 0 Å². The molecule has 0 saturated heterocycles. The van der Waals surface area contributed by atoms with Crippen molar-refractivity contribution < 1.29 is 9.59 Å². The van der Waals surface area contributed by atoms with E-state index in [4.69, 9.17) is 5.73 Å². The van der Waals surface area contributed by atoms with Gasteiger partial charge in [0.05, 0.1) is 0 Å². The number of nitrogens with one attached hydrogen (secondary N) is 2. The van der Waals surface area contributed by atoms with Crippen molar-refractivity contribution in [3.63, 3.8) is 0 Å². The molecule has 17 heavy (non-hydrogen) atoms. The van der Waals surface area contributed by atoms with Crippen LogP contribution in [-0.4, -0.2) is 22.8 Å². The van der Waals surface area contributed by atoms with E-state index in [0.29, 0.717) is 5.69 Å². The minimum atomic E-state index is -0.686. The second-order valence-corrected chi connectivity index (χ2v) is 3.87. The lowest BCUT2D eigenvalue weighted by atomic mass is 10.2. The Morgan fingerprint density at radius 2 is 2.06 bits per heavy atom. The van der Waals surface area contributed by atoms with E-state index in [2.05, 4.69) is 10.3 Å². The molecule has 2 amide bonds. The van der Waals surface area contributed by atoms with Gasteiger partial charge in [0.15, 0.2) is 0 Å². The zero-order valence-electron chi connectivity index (χ0n) is 9.36. The van der Waals surface area contributed by atoms with Gasteiger partial charge in [0.2, 0.25) is 5.91 Å². The largest absolute Gasteiger partial charge is 0.368 e. The Bertz CT molecular complexity index is 541. The van der Waals surface area contributed by atoms with Crippen LogP contribution in [0.15, 0.2) is 30.3 Å². The van der Waals surface area contributed by atoms with Crippen LogP contribution < -0.4 is 11.1 Å². The minimum Gasteiger partial charge on any atom is -0.368 e. The quantitative estimate of drug-likeness (QED) is 0.728. The number of H-pyrrole nitrogens is 1. The first-order valence-electron chi connectivity index (χ1n) is 5.26. The summed E-state index contributed by atoms with van der Waals surface area (Å²) in [7, 11) is 0. The van der Waals surface area contributed by atoms with Crippen LogP contribution in [0.25, 0.3) is 10.9 Å². The van der Waals surface area contributed by atoms with E-state index in [0.717, 1.165) is 10.9 Å². The lowest BCUT2D eigenvalue weighted by Gasteiger charge is -2.08. The fourth-order valence-electron chi connectivity index (χ4n) is 1.54. The smallest absolute Gasteiger partial charge is 0.268 e. The summed E-state index contributed by atoms with van der Waals surface area (Å²) in [6.07, 6.45) is 0. The maximum atomic E-state index is 11.8. The van der Waals surface area contributed by atoms with Crippen LogP contribution in [0.2, 0.25) is 0 Å². The number of hydrogen-bond acceptors (Lipinski definition) is 2. The first kappa shape index (κ1) is 11.2. The first-order valence-corrected chi connectivity index (χ1v) is 5.26. The van der Waals surface area contributed by atoms with Crippen LogP contribution in [0.1, 0.15) is 17.4 Å². The number of aromatic amines is 1. The average molecular weight is 231 g/mol. The number of aromatic nitrogens is 1. The molecule has 0 spiro atoms. The molecule has 0 bridgehead atoms. The van der Waals surface area contributed by atoms with Crippen LogP contribution in [0.4, 0.5) is 0 Å². The summed E-state index contributed by atoms with van der Waals surface area (Å²) in [6, 6.07) is 8.60. The zero-order valence-corrected chi connectivity index (χ0v) is 9.36.